The van der Waals surface area contributed by atoms with Gasteiger partial charge in [0.05, 0.1) is 4.92 Å². The molecule has 1 aromatic rings. The number of anilines is 1. The molecule has 1 N–H and O–H groups in total. The molecule has 6 heteroatoms. The van der Waals surface area contributed by atoms with Gasteiger partial charge in [0.2, 0.25) is 5.82 Å². The maximum Gasteiger partial charge on any atom is 0.312 e. The Morgan fingerprint density at radius 1 is 1.73 bits per heavy atom. The first-order chi connectivity index (χ1) is 7.08. The van der Waals surface area contributed by atoms with E-state index in [0.29, 0.717) is 22.3 Å². The molecular weight excluding hydrogens is 262 g/mol. The lowest BCUT2D eigenvalue weighted by Crippen LogP contribution is -2.07. The first-order valence-electron chi connectivity index (χ1n) is 4.64. The maximum atomic E-state index is 10.8. The molecule has 0 bridgehead atoms. The van der Waals surface area contributed by atoms with E-state index in [2.05, 4.69) is 33.2 Å². The van der Waals surface area contributed by atoms with E-state index in [1.54, 1.807) is 6.20 Å². The smallest absolute Gasteiger partial charge is 0.312 e. The molecule has 1 saturated carbocycles. The summed E-state index contributed by atoms with van der Waals surface area (Å²) in [6.07, 6.45) is 2.61. The molecule has 0 amide bonds. The predicted molar refractivity (Wildman–Crippen MR) is 59.8 cm³/mol. The third-order valence-corrected chi connectivity index (χ3v) is 2.90. The molecule has 1 aromatic heterocycles. The monoisotopic (exact) mass is 271 g/mol. The molecule has 0 aliphatic heterocycles. The number of hydrogen-bond donors (Lipinski definition) is 1. The molecule has 1 aliphatic carbocycles. The van der Waals surface area contributed by atoms with Crippen molar-refractivity contribution in [2.75, 3.05) is 5.32 Å². The molecule has 80 valence electrons. The zero-order valence-corrected chi connectivity index (χ0v) is 9.69. The zero-order chi connectivity index (χ0) is 11.0. The summed E-state index contributed by atoms with van der Waals surface area (Å²) >= 11 is 3.16. The first-order valence-corrected chi connectivity index (χ1v) is 5.43. The zero-order valence-electron chi connectivity index (χ0n) is 8.11. The highest BCUT2D eigenvalue weighted by Gasteiger charge is 2.34. The third kappa shape index (κ3) is 2.26. The molecule has 15 heavy (non-hydrogen) atoms. The Labute approximate surface area is 95.2 Å². The molecule has 0 radical (unpaired) electrons. The van der Waals surface area contributed by atoms with Crippen molar-refractivity contribution < 1.29 is 4.92 Å². The van der Waals surface area contributed by atoms with Crippen LogP contribution in [0.4, 0.5) is 11.5 Å². The average molecular weight is 272 g/mol. The van der Waals surface area contributed by atoms with E-state index in [9.17, 15) is 10.1 Å². The summed E-state index contributed by atoms with van der Waals surface area (Å²) < 4.78 is 0.614. The lowest BCUT2D eigenvalue weighted by molar-refractivity contribution is -0.384. The molecule has 0 saturated heterocycles. The van der Waals surface area contributed by atoms with Gasteiger partial charge in [0, 0.05) is 22.8 Å². The molecule has 5 nitrogen and oxygen atoms in total. The van der Waals surface area contributed by atoms with Crippen LogP contribution in [0, 0.1) is 16.0 Å². The minimum absolute atomic E-state index is 0.0171. The van der Waals surface area contributed by atoms with Gasteiger partial charge in [-0.25, -0.2) is 4.98 Å². The van der Waals surface area contributed by atoms with Crippen LogP contribution in [-0.4, -0.2) is 15.9 Å². The second-order valence-corrected chi connectivity index (χ2v) is 4.66. The van der Waals surface area contributed by atoms with E-state index < -0.39 is 4.92 Å². The van der Waals surface area contributed by atoms with Crippen molar-refractivity contribution in [1.29, 1.82) is 0 Å². The molecule has 1 heterocycles. The summed E-state index contributed by atoms with van der Waals surface area (Å²) in [6.45, 7) is 2.10. The number of rotatable bonds is 3. The van der Waals surface area contributed by atoms with Crippen LogP contribution in [0.3, 0.4) is 0 Å². The number of pyridine rings is 1. The second kappa shape index (κ2) is 3.77. The van der Waals surface area contributed by atoms with Gasteiger partial charge in [-0.2, -0.15) is 0 Å². The van der Waals surface area contributed by atoms with Gasteiger partial charge in [0.25, 0.3) is 0 Å². The Hall–Kier alpha value is -1.17. The Balaban J connectivity index is 2.25. The normalized spacial score (nSPS) is 23.6. The summed E-state index contributed by atoms with van der Waals surface area (Å²) in [5.74, 6) is 0.938. The summed E-state index contributed by atoms with van der Waals surface area (Å²) in [7, 11) is 0. The fraction of sp³-hybridized carbons (Fsp3) is 0.444. The van der Waals surface area contributed by atoms with Gasteiger partial charge in [-0.1, -0.05) is 6.92 Å². The molecule has 2 unspecified atom stereocenters. The molecule has 0 aromatic carbocycles. The van der Waals surface area contributed by atoms with Gasteiger partial charge in [-0.05, 0) is 28.3 Å². The highest BCUT2D eigenvalue weighted by Crippen LogP contribution is 2.35. The van der Waals surface area contributed by atoms with Crippen LogP contribution in [0.5, 0.6) is 0 Å². The van der Waals surface area contributed by atoms with Crippen LogP contribution in [-0.2, 0) is 0 Å². The first kappa shape index (κ1) is 10.4. The van der Waals surface area contributed by atoms with Crippen molar-refractivity contribution >= 4 is 27.4 Å². The number of aromatic nitrogens is 1. The summed E-state index contributed by atoms with van der Waals surface area (Å²) in [4.78, 5) is 14.4. The predicted octanol–water partition coefficient (Wildman–Crippen LogP) is 2.57. The van der Waals surface area contributed by atoms with Crippen molar-refractivity contribution in [3.63, 3.8) is 0 Å². The summed E-state index contributed by atoms with van der Waals surface area (Å²) in [6, 6.07) is 1.79. The number of nitrogens with zero attached hydrogens (tertiary/aromatic N) is 2. The molecule has 2 rings (SSSR count). The molecule has 1 aliphatic rings. The van der Waals surface area contributed by atoms with Crippen molar-refractivity contribution in [3.8, 4) is 0 Å². The number of nitro groups is 1. The SMILES string of the molecule is CC1CC1Nc1ncc(Br)cc1[N+](=O)[O-]. The summed E-state index contributed by atoms with van der Waals surface area (Å²) in [5.41, 5.74) is 0.0171. The Morgan fingerprint density at radius 2 is 2.40 bits per heavy atom. The summed E-state index contributed by atoms with van der Waals surface area (Å²) in [5, 5.41) is 13.8. The highest BCUT2D eigenvalue weighted by molar-refractivity contribution is 9.10. The van der Waals surface area contributed by atoms with Crippen LogP contribution >= 0.6 is 15.9 Å². The van der Waals surface area contributed by atoms with Gasteiger partial charge in [-0.3, -0.25) is 10.1 Å². The fourth-order valence-electron chi connectivity index (χ4n) is 1.38. The molecular formula is C9H10BrN3O2. The third-order valence-electron chi connectivity index (χ3n) is 2.46. The number of halogens is 1. The van der Waals surface area contributed by atoms with Crippen molar-refractivity contribution in [3.05, 3.63) is 26.9 Å². The van der Waals surface area contributed by atoms with Gasteiger partial charge >= 0.3 is 5.69 Å². The Bertz CT molecular complexity index is 410. The van der Waals surface area contributed by atoms with E-state index in [1.165, 1.54) is 6.07 Å². The topological polar surface area (TPSA) is 68.1 Å². The molecule has 2 atom stereocenters. The Morgan fingerprint density at radius 3 is 2.93 bits per heavy atom. The maximum absolute atomic E-state index is 10.8. The van der Waals surface area contributed by atoms with Crippen molar-refractivity contribution in [2.45, 2.75) is 19.4 Å². The van der Waals surface area contributed by atoms with Crippen LogP contribution in [0.2, 0.25) is 0 Å². The van der Waals surface area contributed by atoms with Crippen LogP contribution < -0.4 is 5.32 Å². The van der Waals surface area contributed by atoms with Gasteiger partial charge in [0.15, 0.2) is 0 Å². The van der Waals surface area contributed by atoms with Gasteiger partial charge < -0.3 is 5.32 Å². The average Bonchev–Trinajstić information content (AvgIpc) is 2.85. The van der Waals surface area contributed by atoms with Crippen LogP contribution in [0.25, 0.3) is 0 Å². The molecule has 0 spiro atoms. The van der Waals surface area contributed by atoms with Gasteiger partial charge in [-0.15, -0.1) is 0 Å². The van der Waals surface area contributed by atoms with Gasteiger partial charge in [0.1, 0.15) is 0 Å². The largest absolute Gasteiger partial charge is 0.361 e. The molecule has 1 fully saturated rings. The highest BCUT2D eigenvalue weighted by atomic mass is 79.9. The minimum Gasteiger partial charge on any atom is -0.361 e. The fourth-order valence-corrected chi connectivity index (χ4v) is 1.70. The van der Waals surface area contributed by atoms with Crippen LogP contribution in [0.1, 0.15) is 13.3 Å². The second-order valence-electron chi connectivity index (χ2n) is 3.74. The van der Waals surface area contributed by atoms with E-state index in [-0.39, 0.29) is 5.69 Å². The van der Waals surface area contributed by atoms with Crippen molar-refractivity contribution in [1.82, 2.24) is 4.98 Å². The number of hydrogen-bond acceptors (Lipinski definition) is 4. The lowest BCUT2D eigenvalue weighted by atomic mass is 10.4. The minimum atomic E-state index is -0.423. The van der Waals surface area contributed by atoms with E-state index in [0.717, 1.165) is 6.42 Å². The van der Waals surface area contributed by atoms with E-state index >= 15 is 0 Å². The quantitative estimate of drug-likeness (QED) is 0.678. The Kier molecular flexibility index (Phi) is 2.60. The standard InChI is InChI=1S/C9H10BrN3O2/c1-5-2-7(5)12-9-8(13(14)15)3-6(10)4-11-9/h3-5,7H,2H2,1H3,(H,11,12). The van der Waals surface area contributed by atoms with Crippen molar-refractivity contribution in [2.24, 2.45) is 5.92 Å². The number of nitrogens with one attached hydrogen (secondary N) is 1. The van der Waals surface area contributed by atoms with E-state index in [4.69, 9.17) is 0 Å². The van der Waals surface area contributed by atoms with E-state index in [1.807, 2.05) is 0 Å². The van der Waals surface area contributed by atoms with Crippen LogP contribution in [0.15, 0.2) is 16.7 Å². The lowest BCUT2D eigenvalue weighted by Gasteiger charge is -2.04.